The summed E-state index contributed by atoms with van der Waals surface area (Å²) in [7, 11) is 0. The van der Waals surface area contributed by atoms with Crippen molar-refractivity contribution in [2.45, 2.75) is 26.3 Å². The largest absolute Gasteiger partial charge is 0.483 e. The minimum Gasteiger partial charge on any atom is -0.483 e. The smallest absolute Gasteiger partial charge is 0.305 e. The maximum atomic E-state index is 11.8. The average molecular weight is 379 g/mol. The van der Waals surface area contributed by atoms with Crippen LogP contribution in [0.3, 0.4) is 0 Å². The van der Waals surface area contributed by atoms with Gasteiger partial charge in [-0.1, -0.05) is 25.4 Å². The van der Waals surface area contributed by atoms with Crippen LogP contribution in [0.5, 0.6) is 5.75 Å². The number of hydrogen-bond donors (Lipinski definition) is 2. The number of hydrogen-bond acceptors (Lipinski definition) is 3. The fourth-order valence-corrected chi connectivity index (χ4v) is 2.42. The van der Waals surface area contributed by atoms with E-state index in [0.717, 1.165) is 0 Å². The van der Waals surface area contributed by atoms with Crippen molar-refractivity contribution in [3.8, 4) is 5.75 Å². The Morgan fingerprint density at radius 3 is 2.62 bits per heavy atom. The predicted molar refractivity (Wildman–Crippen MR) is 83.7 cm³/mol. The van der Waals surface area contributed by atoms with Crippen molar-refractivity contribution >= 4 is 39.4 Å². The molecule has 0 bridgehead atoms. The number of carboxylic acid groups (broad SMARTS) is 1. The van der Waals surface area contributed by atoms with Crippen LogP contribution in [0, 0.1) is 5.92 Å². The number of carboxylic acids is 1. The topological polar surface area (TPSA) is 75.6 Å². The summed E-state index contributed by atoms with van der Waals surface area (Å²) in [4.78, 5) is 22.6. The van der Waals surface area contributed by atoms with Crippen LogP contribution in [0.25, 0.3) is 0 Å². The first-order valence-electron chi connectivity index (χ1n) is 6.38. The van der Waals surface area contributed by atoms with Crippen molar-refractivity contribution in [1.29, 1.82) is 0 Å². The van der Waals surface area contributed by atoms with Gasteiger partial charge < -0.3 is 15.2 Å². The summed E-state index contributed by atoms with van der Waals surface area (Å²) in [6.07, 6.45) is -0.117. The van der Waals surface area contributed by atoms with Gasteiger partial charge in [0, 0.05) is 11.1 Å². The number of carbonyl (C=O) groups excluding carboxylic acids is 1. The summed E-state index contributed by atoms with van der Waals surface area (Å²) >= 11 is 9.10. The fraction of sp³-hybridized carbons (Fsp3) is 0.429. The SMILES string of the molecule is CC(C)C(CC(=O)O)NC(=O)COc1ccc(Cl)cc1Br. The molecule has 0 heterocycles. The van der Waals surface area contributed by atoms with Crippen molar-refractivity contribution in [3.63, 3.8) is 0 Å². The molecule has 5 nitrogen and oxygen atoms in total. The molecule has 1 atom stereocenters. The van der Waals surface area contributed by atoms with Crippen LogP contribution in [0.2, 0.25) is 5.02 Å². The first kappa shape index (κ1) is 17.8. The van der Waals surface area contributed by atoms with E-state index in [1.54, 1.807) is 18.2 Å². The molecule has 7 heteroatoms. The van der Waals surface area contributed by atoms with Gasteiger partial charge in [0.05, 0.1) is 10.9 Å². The number of halogens is 2. The number of benzene rings is 1. The molecule has 0 radical (unpaired) electrons. The van der Waals surface area contributed by atoms with Gasteiger partial charge in [-0.05, 0) is 40.0 Å². The lowest BCUT2D eigenvalue weighted by atomic mass is 10.0. The van der Waals surface area contributed by atoms with Crippen LogP contribution in [-0.4, -0.2) is 29.6 Å². The van der Waals surface area contributed by atoms with Crippen molar-refractivity contribution in [2.75, 3.05) is 6.61 Å². The molecule has 0 fully saturated rings. The second-order valence-corrected chi connectivity index (χ2v) is 6.17. The molecule has 2 N–H and O–H groups in total. The maximum Gasteiger partial charge on any atom is 0.305 e. The molecule has 0 aromatic heterocycles. The third-order valence-electron chi connectivity index (χ3n) is 2.80. The van der Waals surface area contributed by atoms with Crippen molar-refractivity contribution in [1.82, 2.24) is 5.32 Å². The molecule has 1 amide bonds. The Hall–Kier alpha value is -1.27. The molecule has 0 spiro atoms. The standard InChI is InChI=1S/C14H17BrClNO4/c1-8(2)11(6-14(19)20)17-13(18)7-21-12-4-3-9(16)5-10(12)15/h3-5,8,11H,6-7H2,1-2H3,(H,17,18)(H,19,20). The number of aliphatic carboxylic acids is 1. The van der Waals surface area contributed by atoms with E-state index in [9.17, 15) is 9.59 Å². The van der Waals surface area contributed by atoms with E-state index >= 15 is 0 Å². The number of amides is 1. The van der Waals surface area contributed by atoms with Gasteiger partial charge in [0.15, 0.2) is 6.61 Å². The molecule has 21 heavy (non-hydrogen) atoms. The number of carbonyl (C=O) groups is 2. The van der Waals surface area contributed by atoms with Gasteiger partial charge in [-0.25, -0.2) is 0 Å². The molecule has 0 aliphatic heterocycles. The Morgan fingerprint density at radius 1 is 1.43 bits per heavy atom. The second kappa shape index (κ2) is 8.24. The quantitative estimate of drug-likeness (QED) is 0.764. The molecule has 1 rings (SSSR count). The molecule has 1 aromatic carbocycles. The first-order valence-corrected chi connectivity index (χ1v) is 7.55. The summed E-state index contributed by atoms with van der Waals surface area (Å²) in [6, 6.07) is 4.54. The molecule has 116 valence electrons. The van der Waals surface area contributed by atoms with Crippen molar-refractivity contribution < 1.29 is 19.4 Å². The Morgan fingerprint density at radius 2 is 2.10 bits per heavy atom. The molecule has 0 saturated carbocycles. The third-order valence-corrected chi connectivity index (χ3v) is 3.65. The Bertz CT molecular complexity index is 522. The highest BCUT2D eigenvalue weighted by molar-refractivity contribution is 9.10. The van der Waals surface area contributed by atoms with E-state index in [-0.39, 0.29) is 24.9 Å². The summed E-state index contributed by atoms with van der Waals surface area (Å²) in [5.41, 5.74) is 0. The molecule has 0 aliphatic carbocycles. The second-order valence-electron chi connectivity index (χ2n) is 4.88. The fourth-order valence-electron chi connectivity index (χ4n) is 1.63. The zero-order valence-electron chi connectivity index (χ0n) is 11.7. The lowest BCUT2D eigenvalue weighted by Crippen LogP contribution is -2.42. The third kappa shape index (κ3) is 6.35. The number of rotatable bonds is 7. The maximum absolute atomic E-state index is 11.8. The Balaban J connectivity index is 2.54. The van der Waals surface area contributed by atoms with Gasteiger partial charge in [-0.3, -0.25) is 9.59 Å². The summed E-state index contributed by atoms with van der Waals surface area (Å²) in [5, 5.41) is 12.0. The monoisotopic (exact) mass is 377 g/mol. The van der Waals surface area contributed by atoms with Gasteiger partial charge in [-0.15, -0.1) is 0 Å². The van der Waals surface area contributed by atoms with Crippen LogP contribution in [0.15, 0.2) is 22.7 Å². The highest BCUT2D eigenvalue weighted by atomic mass is 79.9. The number of nitrogens with one attached hydrogen (secondary N) is 1. The van der Waals surface area contributed by atoms with Gasteiger partial charge in [0.25, 0.3) is 5.91 Å². The zero-order chi connectivity index (χ0) is 16.0. The lowest BCUT2D eigenvalue weighted by molar-refractivity contribution is -0.138. The van der Waals surface area contributed by atoms with E-state index in [1.807, 2.05) is 13.8 Å². The first-order chi connectivity index (χ1) is 9.79. The Kier molecular flexibility index (Phi) is 6.98. The average Bonchev–Trinajstić information content (AvgIpc) is 2.36. The predicted octanol–water partition coefficient (Wildman–Crippen LogP) is 3.10. The highest BCUT2D eigenvalue weighted by Crippen LogP contribution is 2.27. The van der Waals surface area contributed by atoms with Crippen molar-refractivity contribution in [2.24, 2.45) is 5.92 Å². The summed E-state index contributed by atoms with van der Waals surface area (Å²) in [5.74, 6) is -0.798. The molecular weight excluding hydrogens is 362 g/mol. The van der Waals surface area contributed by atoms with E-state index < -0.39 is 12.0 Å². The molecular formula is C14H17BrClNO4. The summed E-state index contributed by atoms with van der Waals surface area (Å²) < 4.78 is 6.02. The van der Waals surface area contributed by atoms with Crippen LogP contribution in [0.1, 0.15) is 20.3 Å². The molecule has 0 saturated heterocycles. The van der Waals surface area contributed by atoms with Crippen LogP contribution in [-0.2, 0) is 9.59 Å². The minimum atomic E-state index is -0.949. The number of ether oxygens (including phenoxy) is 1. The normalized spacial score (nSPS) is 12.0. The van der Waals surface area contributed by atoms with Crippen molar-refractivity contribution in [3.05, 3.63) is 27.7 Å². The highest BCUT2D eigenvalue weighted by Gasteiger charge is 2.19. The van der Waals surface area contributed by atoms with E-state index in [1.165, 1.54) is 0 Å². The van der Waals surface area contributed by atoms with Gasteiger partial charge in [0.1, 0.15) is 5.75 Å². The van der Waals surface area contributed by atoms with E-state index in [2.05, 4.69) is 21.2 Å². The molecule has 1 unspecified atom stereocenters. The van der Waals surface area contributed by atoms with Gasteiger partial charge >= 0.3 is 5.97 Å². The minimum absolute atomic E-state index is 0.0207. The lowest BCUT2D eigenvalue weighted by Gasteiger charge is -2.20. The van der Waals surface area contributed by atoms with Crippen LogP contribution < -0.4 is 10.1 Å². The van der Waals surface area contributed by atoms with E-state index in [4.69, 9.17) is 21.4 Å². The van der Waals surface area contributed by atoms with Gasteiger partial charge in [-0.2, -0.15) is 0 Å². The molecule has 1 aromatic rings. The van der Waals surface area contributed by atoms with E-state index in [0.29, 0.717) is 15.2 Å². The molecule has 0 aliphatic rings. The van der Waals surface area contributed by atoms with Gasteiger partial charge in [0.2, 0.25) is 0 Å². The summed E-state index contributed by atoms with van der Waals surface area (Å²) in [6.45, 7) is 3.51. The Labute approximate surface area is 136 Å². The zero-order valence-corrected chi connectivity index (χ0v) is 14.1. The van der Waals surface area contributed by atoms with Crippen LogP contribution in [0.4, 0.5) is 0 Å². The van der Waals surface area contributed by atoms with Crippen LogP contribution >= 0.6 is 27.5 Å².